The number of ether oxygens (including phenoxy) is 2. The maximum Gasteiger partial charge on any atom is 0.168 e. The quantitative estimate of drug-likeness (QED) is 0.629. The van der Waals surface area contributed by atoms with Crippen LogP contribution in [-0.4, -0.2) is 24.7 Å². The van der Waals surface area contributed by atoms with Gasteiger partial charge in [0.05, 0.1) is 13.2 Å². The molecule has 76 valence electrons. The molecule has 2 aliphatic rings. The lowest BCUT2D eigenvalue weighted by atomic mass is 9.81. The average Bonchev–Trinajstić information content (AvgIpc) is 2.61. The summed E-state index contributed by atoms with van der Waals surface area (Å²) in [7, 11) is 0. The zero-order valence-electron chi connectivity index (χ0n) is 8.14. The molecule has 0 unspecified atom stereocenters. The van der Waals surface area contributed by atoms with Crippen molar-refractivity contribution in [2.45, 2.75) is 50.5 Å². The van der Waals surface area contributed by atoms with Gasteiger partial charge in [0.1, 0.15) is 5.67 Å². The van der Waals surface area contributed by atoms with Crippen molar-refractivity contribution >= 4 is 0 Å². The van der Waals surface area contributed by atoms with E-state index in [9.17, 15) is 4.39 Å². The molecule has 0 amide bonds. The Hall–Kier alpha value is -0.150. The highest BCUT2D eigenvalue weighted by Gasteiger charge is 2.45. The molecule has 0 bridgehead atoms. The molecule has 0 atom stereocenters. The highest BCUT2D eigenvalue weighted by Crippen LogP contribution is 2.43. The Labute approximate surface area is 78.4 Å². The number of alkyl halides is 1. The van der Waals surface area contributed by atoms with Gasteiger partial charge in [0.2, 0.25) is 0 Å². The van der Waals surface area contributed by atoms with Gasteiger partial charge in [-0.05, 0) is 19.3 Å². The van der Waals surface area contributed by atoms with Gasteiger partial charge >= 0.3 is 0 Å². The van der Waals surface area contributed by atoms with Crippen molar-refractivity contribution in [3.63, 3.8) is 0 Å². The molecule has 3 heteroatoms. The number of rotatable bonds is 1. The van der Waals surface area contributed by atoms with Crippen molar-refractivity contribution in [1.29, 1.82) is 0 Å². The Morgan fingerprint density at radius 3 is 2.08 bits per heavy atom. The molecule has 1 heterocycles. The third-order valence-electron chi connectivity index (χ3n) is 3.36. The van der Waals surface area contributed by atoms with Gasteiger partial charge in [0, 0.05) is 12.8 Å². The molecule has 0 radical (unpaired) electrons. The van der Waals surface area contributed by atoms with E-state index in [1.54, 1.807) is 0 Å². The lowest BCUT2D eigenvalue weighted by Gasteiger charge is -2.38. The maximum atomic E-state index is 13.8. The second kappa shape index (κ2) is 3.21. The van der Waals surface area contributed by atoms with Crippen LogP contribution in [0.3, 0.4) is 0 Å². The highest BCUT2D eigenvalue weighted by molar-refractivity contribution is 4.90. The van der Waals surface area contributed by atoms with Gasteiger partial charge in [0.25, 0.3) is 0 Å². The number of hydrogen-bond acceptors (Lipinski definition) is 2. The standard InChI is InChI=1S/C10H17FO2/c1-2-9(11)3-5-10(6-4-9)12-7-8-13-10/h2-8H2,1H3. The third-order valence-corrected chi connectivity index (χ3v) is 3.36. The van der Waals surface area contributed by atoms with Crippen LogP contribution in [0.4, 0.5) is 4.39 Å². The first kappa shape index (κ1) is 9.41. The first-order valence-electron chi connectivity index (χ1n) is 5.15. The van der Waals surface area contributed by atoms with Crippen LogP contribution in [0.15, 0.2) is 0 Å². The summed E-state index contributed by atoms with van der Waals surface area (Å²) in [5, 5.41) is 0. The van der Waals surface area contributed by atoms with Gasteiger partial charge in [-0.3, -0.25) is 0 Å². The van der Waals surface area contributed by atoms with Gasteiger partial charge in [-0.1, -0.05) is 6.92 Å². The van der Waals surface area contributed by atoms with Crippen LogP contribution in [0, 0.1) is 0 Å². The van der Waals surface area contributed by atoms with E-state index < -0.39 is 11.5 Å². The van der Waals surface area contributed by atoms with E-state index in [4.69, 9.17) is 9.47 Å². The number of hydrogen-bond donors (Lipinski definition) is 0. The molecule has 1 aliphatic carbocycles. The molecule has 0 aromatic rings. The smallest absolute Gasteiger partial charge is 0.168 e. The van der Waals surface area contributed by atoms with Crippen LogP contribution in [0.2, 0.25) is 0 Å². The summed E-state index contributed by atoms with van der Waals surface area (Å²) in [5.41, 5.74) is -0.958. The molecule has 0 aromatic heterocycles. The minimum absolute atomic E-state index is 0.412. The molecule has 2 nitrogen and oxygen atoms in total. The van der Waals surface area contributed by atoms with E-state index in [1.807, 2.05) is 6.92 Å². The van der Waals surface area contributed by atoms with E-state index in [2.05, 4.69) is 0 Å². The Kier molecular flexibility index (Phi) is 2.32. The van der Waals surface area contributed by atoms with Crippen molar-refractivity contribution in [2.24, 2.45) is 0 Å². The van der Waals surface area contributed by atoms with E-state index in [0.717, 1.165) is 12.8 Å². The van der Waals surface area contributed by atoms with Crippen molar-refractivity contribution in [2.75, 3.05) is 13.2 Å². The minimum atomic E-state index is -0.958. The van der Waals surface area contributed by atoms with Crippen molar-refractivity contribution in [3.05, 3.63) is 0 Å². The molecule has 0 aromatic carbocycles. The molecule has 1 aliphatic heterocycles. The number of halogens is 1. The Morgan fingerprint density at radius 2 is 1.62 bits per heavy atom. The lowest BCUT2D eigenvalue weighted by Crippen LogP contribution is -2.41. The van der Waals surface area contributed by atoms with Crippen LogP contribution < -0.4 is 0 Å². The van der Waals surface area contributed by atoms with E-state index in [0.29, 0.717) is 32.5 Å². The SMILES string of the molecule is CCC1(F)CCC2(CC1)OCCO2. The third kappa shape index (κ3) is 1.72. The van der Waals surface area contributed by atoms with Crippen LogP contribution in [0.25, 0.3) is 0 Å². The molecule has 2 fully saturated rings. The van der Waals surface area contributed by atoms with Gasteiger partial charge in [-0.2, -0.15) is 0 Å². The van der Waals surface area contributed by atoms with Gasteiger partial charge in [0.15, 0.2) is 5.79 Å². The zero-order chi connectivity index (χ0) is 9.36. The monoisotopic (exact) mass is 188 g/mol. The second-order valence-electron chi connectivity index (χ2n) is 4.11. The largest absolute Gasteiger partial charge is 0.348 e. The van der Waals surface area contributed by atoms with Crippen molar-refractivity contribution < 1.29 is 13.9 Å². The summed E-state index contributed by atoms with van der Waals surface area (Å²) in [6.45, 7) is 3.26. The summed E-state index contributed by atoms with van der Waals surface area (Å²) in [6.07, 6.45) is 3.23. The Morgan fingerprint density at radius 1 is 1.08 bits per heavy atom. The molecule has 1 saturated carbocycles. The van der Waals surface area contributed by atoms with Crippen LogP contribution in [-0.2, 0) is 9.47 Å². The van der Waals surface area contributed by atoms with Gasteiger partial charge < -0.3 is 9.47 Å². The molecule has 1 spiro atoms. The topological polar surface area (TPSA) is 18.5 Å². The van der Waals surface area contributed by atoms with Crippen LogP contribution in [0.5, 0.6) is 0 Å². The van der Waals surface area contributed by atoms with Crippen LogP contribution >= 0.6 is 0 Å². The average molecular weight is 188 g/mol. The van der Waals surface area contributed by atoms with E-state index in [-0.39, 0.29) is 0 Å². The molecule has 13 heavy (non-hydrogen) atoms. The molecule has 0 N–H and O–H groups in total. The molecular weight excluding hydrogens is 171 g/mol. The van der Waals surface area contributed by atoms with E-state index >= 15 is 0 Å². The normalized spacial score (nSPS) is 30.9. The molecule has 1 saturated heterocycles. The summed E-state index contributed by atoms with van der Waals surface area (Å²) in [6, 6.07) is 0. The van der Waals surface area contributed by atoms with E-state index in [1.165, 1.54) is 0 Å². The second-order valence-corrected chi connectivity index (χ2v) is 4.11. The molecular formula is C10H17FO2. The summed E-state index contributed by atoms with van der Waals surface area (Å²) < 4.78 is 24.9. The van der Waals surface area contributed by atoms with Gasteiger partial charge in [-0.25, -0.2) is 4.39 Å². The summed E-state index contributed by atoms with van der Waals surface area (Å²) in [5.74, 6) is -0.412. The van der Waals surface area contributed by atoms with Crippen LogP contribution in [0.1, 0.15) is 39.0 Å². The first-order valence-corrected chi connectivity index (χ1v) is 5.15. The Balaban J connectivity index is 1.95. The maximum absolute atomic E-state index is 13.8. The zero-order valence-corrected chi connectivity index (χ0v) is 8.14. The fourth-order valence-corrected chi connectivity index (χ4v) is 2.22. The van der Waals surface area contributed by atoms with Crippen molar-refractivity contribution in [3.8, 4) is 0 Å². The lowest BCUT2D eigenvalue weighted by molar-refractivity contribution is -0.193. The summed E-state index contributed by atoms with van der Waals surface area (Å²) >= 11 is 0. The highest BCUT2D eigenvalue weighted by atomic mass is 19.1. The first-order chi connectivity index (χ1) is 6.18. The fourth-order valence-electron chi connectivity index (χ4n) is 2.22. The molecule has 2 rings (SSSR count). The van der Waals surface area contributed by atoms with Gasteiger partial charge in [-0.15, -0.1) is 0 Å². The minimum Gasteiger partial charge on any atom is -0.348 e. The van der Waals surface area contributed by atoms with Crippen molar-refractivity contribution in [1.82, 2.24) is 0 Å². The Bertz CT molecular complexity index is 177. The summed E-state index contributed by atoms with van der Waals surface area (Å²) in [4.78, 5) is 0. The predicted molar refractivity (Wildman–Crippen MR) is 47.2 cm³/mol. The fraction of sp³-hybridized carbons (Fsp3) is 1.00. The predicted octanol–water partition coefficient (Wildman–Crippen LogP) is 2.42.